The first-order valence-electron chi connectivity index (χ1n) is 10.3. The lowest BCUT2D eigenvalue weighted by Crippen LogP contribution is -2.29. The molecule has 1 aliphatic heterocycles. The van der Waals surface area contributed by atoms with Crippen molar-refractivity contribution in [3.63, 3.8) is 0 Å². The van der Waals surface area contributed by atoms with Crippen LogP contribution in [0.1, 0.15) is 22.7 Å². The quantitative estimate of drug-likeness (QED) is 0.304. The number of carbonyl (C=O) groups excluding carboxylic acids is 2. The molecule has 1 heterocycles. The number of rotatable bonds is 5. The maximum atomic E-state index is 13.3. The molecule has 1 aliphatic rings. The minimum absolute atomic E-state index is 0.0274. The smallest absolute Gasteiger partial charge is 0.300 e. The van der Waals surface area contributed by atoms with Gasteiger partial charge in [-0.3, -0.25) is 14.5 Å². The van der Waals surface area contributed by atoms with Crippen LogP contribution in [0.3, 0.4) is 0 Å². The molecule has 174 valence electrons. The van der Waals surface area contributed by atoms with E-state index in [2.05, 4.69) is 0 Å². The Hall–Kier alpha value is -3.97. The van der Waals surface area contributed by atoms with E-state index >= 15 is 0 Å². The minimum Gasteiger partial charge on any atom is -0.508 e. The molecule has 3 aromatic carbocycles. The van der Waals surface area contributed by atoms with Crippen LogP contribution in [-0.4, -0.2) is 36.1 Å². The lowest BCUT2D eigenvalue weighted by Gasteiger charge is -2.25. The Morgan fingerprint density at radius 3 is 2.15 bits per heavy atom. The van der Waals surface area contributed by atoms with Gasteiger partial charge in [0.05, 0.1) is 36.4 Å². The number of aryl methyl sites for hydroxylation is 1. The standard InChI is InChI=1S/C26H22ClNO6/c1-14-4-8-16(9-5-14)28-23(15-6-10-17(29)11-7-15)22(25(31)26(28)32)24(30)18-12-19(27)21(34-3)13-20(18)33-2/h4-13,23,29-30H,1-3H3/b24-22+. The number of hydrogen-bond donors (Lipinski definition) is 2. The maximum absolute atomic E-state index is 13.3. The van der Waals surface area contributed by atoms with Crippen LogP contribution in [0.5, 0.6) is 17.2 Å². The zero-order valence-electron chi connectivity index (χ0n) is 18.7. The van der Waals surface area contributed by atoms with Crippen molar-refractivity contribution in [3.8, 4) is 17.2 Å². The molecule has 8 heteroatoms. The summed E-state index contributed by atoms with van der Waals surface area (Å²) in [6, 6.07) is 15.2. The number of nitrogens with zero attached hydrogens (tertiary/aromatic N) is 1. The number of benzene rings is 3. The third kappa shape index (κ3) is 3.95. The highest BCUT2D eigenvalue weighted by molar-refractivity contribution is 6.51. The summed E-state index contributed by atoms with van der Waals surface area (Å²) in [6.45, 7) is 1.91. The second kappa shape index (κ2) is 9.11. The molecule has 34 heavy (non-hydrogen) atoms. The molecule has 1 fully saturated rings. The van der Waals surface area contributed by atoms with E-state index in [4.69, 9.17) is 21.1 Å². The van der Waals surface area contributed by atoms with Crippen LogP contribution in [0.4, 0.5) is 5.69 Å². The number of aliphatic hydroxyl groups excluding tert-OH is 1. The van der Waals surface area contributed by atoms with Crippen LogP contribution in [0, 0.1) is 6.92 Å². The number of hydrogen-bond acceptors (Lipinski definition) is 6. The minimum atomic E-state index is -0.950. The average molecular weight is 480 g/mol. The van der Waals surface area contributed by atoms with Gasteiger partial charge in [-0.1, -0.05) is 41.4 Å². The predicted molar refractivity (Wildman–Crippen MR) is 129 cm³/mol. The molecule has 1 saturated heterocycles. The molecule has 1 atom stereocenters. The van der Waals surface area contributed by atoms with Gasteiger partial charge in [-0.25, -0.2) is 0 Å². The molecule has 0 aromatic heterocycles. The molecule has 3 aromatic rings. The van der Waals surface area contributed by atoms with Crippen molar-refractivity contribution in [2.45, 2.75) is 13.0 Å². The van der Waals surface area contributed by atoms with Crippen LogP contribution in [-0.2, 0) is 9.59 Å². The van der Waals surface area contributed by atoms with Crippen LogP contribution in [0.25, 0.3) is 5.76 Å². The Morgan fingerprint density at radius 2 is 1.56 bits per heavy atom. The van der Waals surface area contributed by atoms with Gasteiger partial charge in [-0.05, 0) is 42.8 Å². The van der Waals surface area contributed by atoms with Crippen molar-refractivity contribution in [1.82, 2.24) is 0 Å². The fourth-order valence-corrected chi connectivity index (χ4v) is 4.21. The van der Waals surface area contributed by atoms with Crippen LogP contribution in [0.2, 0.25) is 5.02 Å². The van der Waals surface area contributed by atoms with Crippen molar-refractivity contribution >= 4 is 34.7 Å². The third-order valence-electron chi connectivity index (χ3n) is 5.69. The number of methoxy groups -OCH3 is 2. The fourth-order valence-electron chi connectivity index (χ4n) is 3.97. The monoisotopic (exact) mass is 479 g/mol. The van der Waals surface area contributed by atoms with Crippen LogP contribution in [0.15, 0.2) is 66.2 Å². The summed E-state index contributed by atoms with van der Waals surface area (Å²) in [6.07, 6.45) is 0. The average Bonchev–Trinajstić information content (AvgIpc) is 3.10. The van der Waals surface area contributed by atoms with Gasteiger partial charge >= 0.3 is 0 Å². The molecule has 4 rings (SSSR count). The first-order valence-corrected chi connectivity index (χ1v) is 10.7. The molecule has 0 saturated carbocycles. The van der Waals surface area contributed by atoms with Crippen LogP contribution >= 0.6 is 11.6 Å². The summed E-state index contributed by atoms with van der Waals surface area (Å²) >= 11 is 6.28. The summed E-state index contributed by atoms with van der Waals surface area (Å²) in [7, 11) is 2.85. The number of amides is 1. The Labute approximate surface area is 201 Å². The van der Waals surface area contributed by atoms with Gasteiger partial charge in [0, 0.05) is 11.8 Å². The number of aromatic hydroxyl groups is 1. The number of aliphatic hydroxyl groups is 1. The molecule has 0 bridgehead atoms. The Bertz CT molecular complexity index is 1300. The highest BCUT2D eigenvalue weighted by Gasteiger charge is 2.47. The van der Waals surface area contributed by atoms with Gasteiger partial charge in [0.15, 0.2) is 0 Å². The van der Waals surface area contributed by atoms with E-state index in [1.54, 1.807) is 24.3 Å². The van der Waals surface area contributed by atoms with E-state index in [9.17, 15) is 19.8 Å². The molecule has 2 N–H and O–H groups in total. The van der Waals surface area contributed by atoms with E-state index in [1.165, 1.54) is 43.4 Å². The predicted octanol–water partition coefficient (Wildman–Crippen LogP) is 5.00. The Morgan fingerprint density at radius 1 is 0.941 bits per heavy atom. The van der Waals surface area contributed by atoms with Gasteiger partial charge in [-0.2, -0.15) is 0 Å². The Kier molecular flexibility index (Phi) is 6.22. The molecule has 7 nitrogen and oxygen atoms in total. The van der Waals surface area contributed by atoms with E-state index in [1.807, 2.05) is 19.1 Å². The van der Waals surface area contributed by atoms with E-state index in [-0.39, 0.29) is 27.7 Å². The molecule has 1 amide bonds. The number of ketones is 1. The third-order valence-corrected chi connectivity index (χ3v) is 5.99. The maximum Gasteiger partial charge on any atom is 0.300 e. The molecular formula is C26H22ClNO6. The lowest BCUT2D eigenvalue weighted by molar-refractivity contribution is -0.132. The van der Waals surface area contributed by atoms with Crippen molar-refractivity contribution < 1.29 is 29.3 Å². The molecule has 0 spiro atoms. The summed E-state index contributed by atoms with van der Waals surface area (Å²) in [5, 5.41) is 21.3. The van der Waals surface area contributed by atoms with Crippen LogP contribution < -0.4 is 14.4 Å². The topological polar surface area (TPSA) is 96.3 Å². The highest BCUT2D eigenvalue weighted by Crippen LogP contribution is 2.44. The first kappa shape index (κ1) is 23.2. The summed E-state index contributed by atoms with van der Waals surface area (Å²) in [5.41, 5.74) is 2.01. The molecular weight excluding hydrogens is 458 g/mol. The van der Waals surface area contributed by atoms with E-state index in [0.29, 0.717) is 17.0 Å². The highest BCUT2D eigenvalue weighted by atomic mass is 35.5. The number of phenols is 1. The molecule has 1 unspecified atom stereocenters. The SMILES string of the molecule is COc1cc(OC)c(/C(O)=C2\C(=O)C(=O)N(c3ccc(C)cc3)C2c2ccc(O)cc2)cc1Cl. The summed E-state index contributed by atoms with van der Waals surface area (Å²) in [5.74, 6) is -1.52. The van der Waals surface area contributed by atoms with Gasteiger partial charge in [0.1, 0.15) is 23.0 Å². The van der Waals surface area contributed by atoms with Gasteiger partial charge < -0.3 is 19.7 Å². The number of halogens is 1. The zero-order valence-corrected chi connectivity index (χ0v) is 19.5. The fraction of sp³-hybridized carbons (Fsp3) is 0.154. The van der Waals surface area contributed by atoms with Gasteiger partial charge in [0.25, 0.3) is 11.7 Å². The number of carbonyl (C=O) groups is 2. The van der Waals surface area contributed by atoms with Gasteiger partial charge in [-0.15, -0.1) is 0 Å². The van der Waals surface area contributed by atoms with Crippen molar-refractivity contribution in [2.24, 2.45) is 0 Å². The first-order chi connectivity index (χ1) is 16.3. The normalized spacial score (nSPS) is 17.2. The van der Waals surface area contributed by atoms with E-state index in [0.717, 1.165) is 5.56 Å². The van der Waals surface area contributed by atoms with Gasteiger partial charge in [0.2, 0.25) is 0 Å². The largest absolute Gasteiger partial charge is 0.508 e. The lowest BCUT2D eigenvalue weighted by atomic mass is 9.94. The number of phenolic OH excluding ortho intramolecular Hbond substituents is 1. The van der Waals surface area contributed by atoms with Crippen molar-refractivity contribution in [1.29, 1.82) is 0 Å². The molecule has 0 aliphatic carbocycles. The summed E-state index contributed by atoms with van der Waals surface area (Å²) < 4.78 is 10.6. The second-order valence-electron chi connectivity index (χ2n) is 7.78. The zero-order chi connectivity index (χ0) is 24.6. The van der Waals surface area contributed by atoms with Crippen molar-refractivity contribution in [2.75, 3.05) is 19.1 Å². The number of anilines is 1. The summed E-state index contributed by atoms with van der Waals surface area (Å²) in [4.78, 5) is 27.8. The second-order valence-corrected chi connectivity index (χ2v) is 8.19. The van der Waals surface area contributed by atoms with E-state index < -0.39 is 23.5 Å². The number of ether oxygens (including phenoxy) is 2. The van der Waals surface area contributed by atoms with Crippen molar-refractivity contribution in [3.05, 3.63) is 87.9 Å². The molecule has 0 radical (unpaired) electrons. The Balaban J connectivity index is 1.98. The number of Topliss-reactive ketones (excluding diaryl/α,β-unsaturated/α-hetero) is 1.